The van der Waals surface area contributed by atoms with Gasteiger partial charge in [0.15, 0.2) is 6.29 Å². The average Bonchev–Trinajstić information content (AvgIpc) is 2.30. The summed E-state index contributed by atoms with van der Waals surface area (Å²) in [5, 5.41) is 12.1. The minimum absolute atomic E-state index is 0.162. The first-order chi connectivity index (χ1) is 7.78. The van der Waals surface area contributed by atoms with E-state index in [4.69, 9.17) is 0 Å². The van der Waals surface area contributed by atoms with Gasteiger partial charge in [0.1, 0.15) is 5.75 Å². The summed E-state index contributed by atoms with van der Waals surface area (Å²) < 4.78 is 0. The number of phenols is 1. The molecule has 1 aromatic carbocycles. The van der Waals surface area contributed by atoms with Gasteiger partial charge in [-0.15, -0.1) is 0 Å². The molecule has 2 rings (SSSR count). The maximum Gasteiger partial charge on any atom is 0.227 e. The molecule has 1 aromatic heterocycles. The molecule has 2 N–H and O–H groups in total. The lowest BCUT2D eigenvalue weighted by atomic mass is 10.3. The van der Waals surface area contributed by atoms with Crippen LogP contribution in [-0.2, 0) is 0 Å². The fourth-order valence-corrected chi connectivity index (χ4v) is 1.18. The molecular formula is C11H9N3O2. The fourth-order valence-electron chi connectivity index (χ4n) is 1.18. The van der Waals surface area contributed by atoms with Crippen LogP contribution in [0.3, 0.4) is 0 Å². The van der Waals surface area contributed by atoms with Crippen molar-refractivity contribution in [1.82, 2.24) is 9.97 Å². The van der Waals surface area contributed by atoms with Gasteiger partial charge in [-0.2, -0.15) is 0 Å². The molecule has 1 heterocycles. The molecule has 0 atom stereocenters. The molecule has 5 nitrogen and oxygen atoms in total. The second-order valence-corrected chi connectivity index (χ2v) is 3.13. The number of aldehydes is 1. The summed E-state index contributed by atoms with van der Waals surface area (Å²) in [5.74, 6) is 0.533. The number of phenolic OH excluding ortho intramolecular Hbond substituents is 1. The first kappa shape index (κ1) is 10.1. The first-order valence-electron chi connectivity index (χ1n) is 4.61. The fraction of sp³-hybridized carbons (Fsp3) is 0. The molecule has 2 aromatic rings. The van der Waals surface area contributed by atoms with Crippen LogP contribution in [-0.4, -0.2) is 21.4 Å². The SMILES string of the molecule is O=Cc1cnc(Nc2cccc(O)c2)nc1. The number of carbonyl (C=O) groups is 1. The van der Waals surface area contributed by atoms with Crippen LogP contribution < -0.4 is 5.32 Å². The number of benzene rings is 1. The summed E-state index contributed by atoms with van der Waals surface area (Å²) >= 11 is 0. The largest absolute Gasteiger partial charge is 0.508 e. The molecule has 0 bridgehead atoms. The van der Waals surface area contributed by atoms with E-state index in [9.17, 15) is 9.90 Å². The van der Waals surface area contributed by atoms with E-state index in [2.05, 4.69) is 15.3 Å². The molecule has 80 valence electrons. The minimum atomic E-state index is 0.162. The van der Waals surface area contributed by atoms with Gasteiger partial charge >= 0.3 is 0 Å². The van der Waals surface area contributed by atoms with Crippen molar-refractivity contribution in [3.05, 3.63) is 42.2 Å². The second kappa shape index (κ2) is 4.39. The molecule has 0 amide bonds. The third-order valence-corrected chi connectivity index (χ3v) is 1.91. The Hall–Kier alpha value is -2.43. The van der Waals surface area contributed by atoms with Crippen LogP contribution in [0.25, 0.3) is 0 Å². The number of hydrogen-bond donors (Lipinski definition) is 2. The number of aromatic hydroxyl groups is 1. The topological polar surface area (TPSA) is 75.1 Å². The molecule has 0 aliphatic carbocycles. The van der Waals surface area contributed by atoms with Crippen molar-refractivity contribution in [3.8, 4) is 5.75 Å². The van der Waals surface area contributed by atoms with Gasteiger partial charge in [-0.25, -0.2) is 9.97 Å². The normalized spacial score (nSPS) is 9.75. The van der Waals surface area contributed by atoms with Crippen molar-refractivity contribution in [1.29, 1.82) is 0 Å². The first-order valence-corrected chi connectivity index (χ1v) is 4.61. The van der Waals surface area contributed by atoms with Crippen molar-refractivity contribution in [2.24, 2.45) is 0 Å². The summed E-state index contributed by atoms with van der Waals surface area (Å²) in [7, 11) is 0. The molecule has 16 heavy (non-hydrogen) atoms. The number of rotatable bonds is 3. The zero-order valence-corrected chi connectivity index (χ0v) is 8.29. The number of carbonyl (C=O) groups excluding carboxylic acids is 1. The second-order valence-electron chi connectivity index (χ2n) is 3.13. The summed E-state index contributed by atoms with van der Waals surface area (Å²) in [4.78, 5) is 18.3. The monoisotopic (exact) mass is 215 g/mol. The summed E-state index contributed by atoms with van der Waals surface area (Å²) in [6, 6.07) is 6.60. The van der Waals surface area contributed by atoms with Gasteiger partial charge in [-0.3, -0.25) is 4.79 Å². The third-order valence-electron chi connectivity index (χ3n) is 1.91. The van der Waals surface area contributed by atoms with Crippen LogP contribution in [0.2, 0.25) is 0 Å². The summed E-state index contributed by atoms with van der Waals surface area (Å²) in [6.45, 7) is 0. The van der Waals surface area contributed by atoms with Crippen molar-refractivity contribution < 1.29 is 9.90 Å². The molecule has 0 aliphatic heterocycles. The lowest BCUT2D eigenvalue weighted by molar-refractivity contribution is 0.112. The van der Waals surface area contributed by atoms with Gasteiger partial charge in [0.05, 0.1) is 5.56 Å². The zero-order valence-electron chi connectivity index (χ0n) is 8.29. The van der Waals surface area contributed by atoms with Crippen molar-refractivity contribution in [3.63, 3.8) is 0 Å². The van der Waals surface area contributed by atoms with Crippen LogP contribution in [0.5, 0.6) is 5.75 Å². The molecule has 0 saturated carbocycles. The van der Waals surface area contributed by atoms with Gasteiger partial charge in [0.2, 0.25) is 5.95 Å². The smallest absolute Gasteiger partial charge is 0.227 e. The van der Waals surface area contributed by atoms with E-state index in [0.717, 1.165) is 0 Å². The Morgan fingerprint density at radius 2 is 2.00 bits per heavy atom. The third kappa shape index (κ3) is 2.33. The maximum atomic E-state index is 10.4. The van der Waals surface area contributed by atoms with E-state index in [1.807, 2.05) is 0 Å². The van der Waals surface area contributed by atoms with E-state index in [0.29, 0.717) is 23.5 Å². The zero-order chi connectivity index (χ0) is 11.4. The Labute approximate surface area is 91.8 Å². The molecule has 0 spiro atoms. The van der Waals surface area contributed by atoms with Gasteiger partial charge in [-0.05, 0) is 12.1 Å². The highest BCUT2D eigenvalue weighted by Gasteiger charge is 1.98. The highest BCUT2D eigenvalue weighted by molar-refractivity contribution is 5.73. The molecule has 0 aliphatic rings. The average molecular weight is 215 g/mol. The molecule has 0 saturated heterocycles. The number of nitrogens with one attached hydrogen (secondary N) is 1. The Morgan fingerprint density at radius 1 is 1.25 bits per heavy atom. The highest BCUT2D eigenvalue weighted by atomic mass is 16.3. The predicted molar refractivity (Wildman–Crippen MR) is 58.8 cm³/mol. The molecule has 5 heteroatoms. The van der Waals surface area contributed by atoms with Crippen LogP contribution in [0.4, 0.5) is 11.6 Å². The maximum absolute atomic E-state index is 10.4. The van der Waals surface area contributed by atoms with Crippen molar-refractivity contribution in [2.45, 2.75) is 0 Å². The van der Waals surface area contributed by atoms with Crippen LogP contribution >= 0.6 is 0 Å². The van der Waals surface area contributed by atoms with E-state index in [1.54, 1.807) is 24.3 Å². The van der Waals surface area contributed by atoms with Gasteiger partial charge in [0, 0.05) is 24.1 Å². The van der Waals surface area contributed by atoms with E-state index >= 15 is 0 Å². The number of nitrogens with zero attached hydrogens (tertiary/aromatic N) is 2. The predicted octanol–water partition coefficient (Wildman–Crippen LogP) is 1.74. The van der Waals surface area contributed by atoms with Gasteiger partial charge < -0.3 is 10.4 Å². The highest BCUT2D eigenvalue weighted by Crippen LogP contribution is 2.17. The van der Waals surface area contributed by atoms with E-state index < -0.39 is 0 Å². The molecule has 0 radical (unpaired) electrons. The van der Waals surface area contributed by atoms with Gasteiger partial charge in [-0.1, -0.05) is 6.07 Å². The van der Waals surface area contributed by atoms with E-state index in [1.165, 1.54) is 12.4 Å². The molecular weight excluding hydrogens is 206 g/mol. The quantitative estimate of drug-likeness (QED) is 0.763. The summed E-state index contributed by atoms with van der Waals surface area (Å²) in [5.41, 5.74) is 1.10. The van der Waals surface area contributed by atoms with Crippen molar-refractivity contribution >= 4 is 17.9 Å². The lowest BCUT2D eigenvalue weighted by Crippen LogP contribution is -1.97. The Balaban J connectivity index is 2.17. The Bertz CT molecular complexity index is 497. The summed E-state index contributed by atoms with van der Waals surface area (Å²) in [6.07, 6.45) is 3.52. The van der Waals surface area contributed by atoms with Crippen LogP contribution in [0.15, 0.2) is 36.7 Å². The Kier molecular flexibility index (Phi) is 2.77. The van der Waals surface area contributed by atoms with Crippen LogP contribution in [0, 0.1) is 0 Å². The van der Waals surface area contributed by atoms with Crippen LogP contribution in [0.1, 0.15) is 10.4 Å². The van der Waals surface area contributed by atoms with Crippen molar-refractivity contribution in [2.75, 3.05) is 5.32 Å². The molecule has 0 fully saturated rings. The number of anilines is 2. The number of hydrogen-bond acceptors (Lipinski definition) is 5. The number of aromatic nitrogens is 2. The van der Waals surface area contributed by atoms with E-state index in [-0.39, 0.29) is 5.75 Å². The standard InChI is InChI=1S/C11H9N3O2/c15-7-8-5-12-11(13-6-8)14-9-2-1-3-10(16)4-9/h1-7,16H,(H,12,13,14). The van der Waals surface area contributed by atoms with Gasteiger partial charge in [0.25, 0.3) is 0 Å². The minimum Gasteiger partial charge on any atom is -0.508 e. The molecule has 0 unspecified atom stereocenters. The Morgan fingerprint density at radius 3 is 2.62 bits per heavy atom. The lowest BCUT2D eigenvalue weighted by Gasteiger charge is -2.04.